The third kappa shape index (κ3) is 4.42. The van der Waals surface area contributed by atoms with Crippen LogP contribution in [0.5, 0.6) is 0 Å². The number of anilines is 2. The Bertz CT molecular complexity index is 1280. The van der Waals surface area contributed by atoms with Crippen LogP contribution in [0.2, 0.25) is 0 Å². The van der Waals surface area contributed by atoms with Gasteiger partial charge in [-0.15, -0.1) is 5.10 Å². The third-order valence-electron chi connectivity index (χ3n) is 6.75. The second-order valence-electron chi connectivity index (χ2n) is 9.20. The molecule has 2 unspecified atom stereocenters. The van der Waals surface area contributed by atoms with E-state index >= 15 is 0 Å². The number of halogens is 6. The molecule has 4 heterocycles. The third-order valence-corrected chi connectivity index (χ3v) is 6.75. The van der Waals surface area contributed by atoms with Gasteiger partial charge in [-0.25, -0.2) is 4.98 Å². The van der Waals surface area contributed by atoms with E-state index in [1.54, 1.807) is 11.8 Å². The van der Waals surface area contributed by atoms with Gasteiger partial charge in [0.1, 0.15) is 0 Å². The van der Waals surface area contributed by atoms with Crippen molar-refractivity contribution in [1.29, 1.82) is 0 Å². The van der Waals surface area contributed by atoms with E-state index in [4.69, 9.17) is 4.74 Å². The maximum absolute atomic E-state index is 14.1. The summed E-state index contributed by atoms with van der Waals surface area (Å²) in [6, 6.07) is 5.23. The number of fused-ring (bicyclic) bond motifs is 3. The fraction of sp³-hybridized carbons (Fsp3) is 0.458. The molecule has 0 aliphatic carbocycles. The van der Waals surface area contributed by atoms with Gasteiger partial charge < -0.3 is 15.0 Å². The fourth-order valence-corrected chi connectivity index (χ4v) is 4.99. The van der Waals surface area contributed by atoms with E-state index in [2.05, 4.69) is 20.5 Å². The summed E-state index contributed by atoms with van der Waals surface area (Å²) in [4.78, 5) is 5.75. The molecule has 6 nitrogen and oxygen atoms in total. The largest absolute Gasteiger partial charge is 0.435 e. The van der Waals surface area contributed by atoms with E-state index < -0.39 is 29.7 Å². The summed E-state index contributed by atoms with van der Waals surface area (Å²) < 4.78 is 87.5. The standard InChI is InChI=1S/C24H23F6N5O/c1-12(14-4-3-5-15(8-14)23(25,26)27)31-22-18-9-19(35-16-6-7-17(35)11-36-10-16)21(24(28,29)30)32-20(18)13(2)33-34-22/h3-5,8-9,12,16-17H,6-7,10-11H2,1-2H3,(H,31,34)/t12-,16?,17?/m1/s1. The van der Waals surface area contributed by atoms with Gasteiger partial charge in [0.2, 0.25) is 0 Å². The number of morpholine rings is 1. The zero-order valence-corrected chi connectivity index (χ0v) is 19.4. The average molecular weight is 511 g/mol. The first kappa shape index (κ1) is 24.5. The van der Waals surface area contributed by atoms with E-state index in [1.807, 2.05) is 0 Å². The number of hydrogen-bond acceptors (Lipinski definition) is 6. The molecule has 5 rings (SSSR count). The van der Waals surface area contributed by atoms with Gasteiger partial charge in [-0.2, -0.15) is 31.4 Å². The summed E-state index contributed by atoms with van der Waals surface area (Å²) >= 11 is 0. The number of aromatic nitrogens is 3. The molecule has 2 bridgehead atoms. The van der Waals surface area contributed by atoms with E-state index in [0.29, 0.717) is 37.0 Å². The van der Waals surface area contributed by atoms with Crippen molar-refractivity contribution in [2.45, 2.75) is 57.2 Å². The lowest BCUT2D eigenvalue weighted by Crippen LogP contribution is -2.46. The lowest BCUT2D eigenvalue weighted by atomic mass is 10.0. The van der Waals surface area contributed by atoms with Crippen LogP contribution in [-0.4, -0.2) is 40.5 Å². The van der Waals surface area contributed by atoms with E-state index in [-0.39, 0.29) is 34.8 Å². The first-order valence-corrected chi connectivity index (χ1v) is 11.5. The van der Waals surface area contributed by atoms with E-state index in [9.17, 15) is 26.3 Å². The normalized spacial score (nSPS) is 21.2. The Hall–Kier alpha value is -3.15. The lowest BCUT2D eigenvalue weighted by Gasteiger charge is -2.37. The topological polar surface area (TPSA) is 63.2 Å². The molecular weight excluding hydrogens is 488 g/mol. The summed E-state index contributed by atoms with van der Waals surface area (Å²) in [5, 5.41) is 11.4. The van der Waals surface area contributed by atoms with Crippen LogP contribution in [-0.2, 0) is 17.1 Å². The number of pyridine rings is 1. The van der Waals surface area contributed by atoms with Crippen LogP contribution in [0.25, 0.3) is 10.9 Å². The molecule has 0 radical (unpaired) electrons. The molecule has 2 aliphatic heterocycles. The number of alkyl halides is 6. The first-order valence-electron chi connectivity index (χ1n) is 11.5. The summed E-state index contributed by atoms with van der Waals surface area (Å²) in [5.74, 6) is 0.142. The Balaban J connectivity index is 1.60. The lowest BCUT2D eigenvalue weighted by molar-refractivity contribution is -0.140. The monoisotopic (exact) mass is 511 g/mol. The highest BCUT2D eigenvalue weighted by atomic mass is 19.4. The fourth-order valence-electron chi connectivity index (χ4n) is 4.99. The van der Waals surface area contributed by atoms with Gasteiger partial charge in [-0.3, -0.25) is 0 Å². The van der Waals surface area contributed by atoms with Crippen molar-refractivity contribution in [2.24, 2.45) is 0 Å². The molecule has 36 heavy (non-hydrogen) atoms. The quantitative estimate of drug-likeness (QED) is 0.440. The number of nitrogens with one attached hydrogen (secondary N) is 1. The van der Waals surface area contributed by atoms with Crippen molar-refractivity contribution >= 4 is 22.4 Å². The predicted molar refractivity (Wildman–Crippen MR) is 121 cm³/mol. The Morgan fingerprint density at radius 2 is 1.69 bits per heavy atom. The number of rotatable bonds is 4. The van der Waals surface area contributed by atoms with Gasteiger partial charge in [-0.05, 0) is 50.5 Å². The second-order valence-corrected chi connectivity index (χ2v) is 9.20. The number of nitrogens with zero attached hydrogens (tertiary/aromatic N) is 4. The number of benzene rings is 1. The smallest absolute Gasteiger partial charge is 0.377 e. The van der Waals surface area contributed by atoms with Crippen molar-refractivity contribution in [1.82, 2.24) is 15.2 Å². The van der Waals surface area contributed by atoms with Crippen LogP contribution in [0.4, 0.5) is 37.8 Å². The highest BCUT2D eigenvalue weighted by Gasteiger charge is 2.44. The molecule has 2 aliphatic rings. The highest BCUT2D eigenvalue weighted by molar-refractivity contribution is 5.93. The summed E-state index contributed by atoms with van der Waals surface area (Å²) in [6.45, 7) is 3.82. The summed E-state index contributed by atoms with van der Waals surface area (Å²) in [7, 11) is 0. The molecule has 3 atom stereocenters. The summed E-state index contributed by atoms with van der Waals surface area (Å²) in [6.07, 6.45) is -7.77. The maximum Gasteiger partial charge on any atom is 0.435 e. The Kier molecular flexibility index (Phi) is 5.97. The number of ether oxygens (including phenoxy) is 1. The van der Waals surface area contributed by atoms with Crippen molar-refractivity contribution in [3.8, 4) is 0 Å². The van der Waals surface area contributed by atoms with E-state index in [1.165, 1.54) is 25.1 Å². The predicted octanol–water partition coefficient (Wildman–Crippen LogP) is 5.91. The zero-order chi connectivity index (χ0) is 25.8. The molecule has 0 saturated carbocycles. The first-order chi connectivity index (χ1) is 16.9. The van der Waals surface area contributed by atoms with Crippen LogP contribution in [0.15, 0.2) is 30.3 Å². The van der Waals surface area contributed by atoms with Gasteiger partial charge in [0, 0.05) is 5.39 Å². The van der Waals surface area contributed by atoms with Gasteiger partial charge >= 0.3 is 12.4 Å². The molecule has 12 heteroatoms. The van der Waals surface area contributed by atoms with Crippen LogP contribution in [0.1, 0.15) is 48.3 Å². The van der Waals surface area contributed by atoms with Crippen LogP contribution < -0.4 is 10.2 Å². The molecule has 1 N–H and O–H groups in total. The van der Waals surface area contributed by atoms with Gasteiger partial charge in [-0.1, -0.05) is 12.1 Å². The molecule has 0 amide bonds. The minimum Gasteiger partial charge on any atom is -0.377 e. The minimum absolute atomic E-state index is 0.0282. The van der Waals surface area contributed by atoms with Crippen LogP contribution in [0, 0.1) is 6.92 Å². The molecule has 2 fully saturated rings. The van der Waals surface area contributed by atoms with Gasteiger partial charge in [0.25, 0.3) is 0 Å². The van der Waals surface area contributed by atoms with Crippen LogP contribution >= 0.6 is 0 Å². The summed E-state index contributed by atoms with van der Waals surface area (Å²) in [5.41, 5.74) is -1.26. The van der Waals surface area contributed by atoms with E-state index in [0.717, 1.165) is 12.1 Å². The second kappa shape index (κ2) is 8.75. The molecule has 192 valence electrons. The molecule has 3 aromatic rings. The number of hydrogen-bond donors (Lipinski definition) is 1. The molecule has 1 aromatic carbocycles. The minimum atomic E-state index is -4.70. The number of aryl methyl sites for hydroxylation is 1. The zero-order valence-electron chi connectivity index (χ0n) is 19.4. The Labute approximate surface area is 202 Å². The van der Waals surface area contributed by atoms with Crippen LogP contribution in [0.3, 0.4) is 0 Å². The molecule has 2 saturated heterocycles. The van der Waals surface area contributed by atoms with Gasteiger partial charge in [0.15, 0.2) is 11.5 Å². The molecule has 0 spiro atoms. The Morgan fingerprint density at radius 1 is 1.00 bits per heavy atom. The van der Waals surface area contributed by atoms with Gasteiger partial charge in [0.05, 0.1) is 53.8 Å². The molecular formula is C24H23F6N5O. The highest BCUT2D eigenvalue weighted by Crippen LogP contribution is 2.43. The maximum atomic E-state index is 14.1. The van der Waals surface area contributed by atoms with Crippen molar-refractivity contribution in [3.05, 3.63) is 52.8 Å². The molecule has 2 aromatic heterocycles. The van der Waals surface area contributed by atoms with Crippen molar-refractivity contribution in [3.63, 3.8) is 0 Å². The van der Waals surface area contributed by atoms with Crippen molar-refractivity contribution < 1.29 is 31.1 Å². The SMILES string of the molecule is Cc1nnc(N[C@H](C)c2cccc(C(F)(F)F)c2)c2cc(N3C4CCC3COC4)c(C(F)(F)F)nc12. The van der Waals surface area contributed by atoms with Crippen molar-refractivity contribution in [2.75, 3.05) is 23.4 Å². The average Bonchev–Trinajstić information content (AvgIpc) is 3.06. The Morgan fingerprint density at radius 3 is 2.33 bits per heavy atom.